The molecule has 0 fully saturated rings. The van der Waals surface area contributed by atoms with Gasteiger partial charge in [-0.05, 0) is 49.9 Å². The summed E-state index contributed by atoms with van der Waals surface area (Å²) in [6, 6.07) is 12.1. The van der Waals surface area contributed by atoms with Crippen molar-refractivity contribution in [1.29, 1.82) is 0 Å². The minimum absolute atomic E-state index is 0.946. The van der Waals surface area contributed by atoms with Gasteiger partial charge in [0.05, 0.1) is 0 Å². The van der Waals surface area contributed by atoms with Crippen LogP contribution in [-0.4, -0.2) is 11.2 Å². The van der Waals surface area contributed by atoms with Crippen molar-refractivity contribution in [3.63, 3.8) is 0 Å². The van der Waals surface area contributed by atoms with E-state index in [-0.39, 0.29) is 0 Å². The lowest BCUT2D eigenvalue weighted by Crippen LogP contribution is -1.99. The van der Waals surface area contributed by atoms with E-state index in [9.17, 15) is 5.11 Å². The van der Waals surface area contributed by atoms with Crippen LogP contribution in [0.3, 0.4) is 0 Å². The number of aryl methyl sites for hydroxylation is 4. The topological polar surface area (TPSA) is 20.2 Å². The third-order valence-electron chi connectivity index (χ3n) is 3.63. The zero-order valence-electron chi connectivity index (χ0n) is 13.5. The Bertz CT molecular complexity index is 697. The summed E-state index contributed by atoms with van der Waals surface area (Å²) in [5.41, 5.74) is 6.39. The van der Waals surface area contributed by atoms with Crippen molar-refractivity contribution in [3.8, 4) is 23.7 Å². The van der Waals surface area contributed by atoms with Crippen LogP contribution in [0.25, 0.3) is 0 Å². The van der Waals surface area contributed by atoms with Crippen LogP contribution in [0, 0.1) is 51.4 Å². The molecule has 0 aliphatic heterocycles. The molecule has 2 aromatic carbocycles. The van der Waals surface area contributed by atoms with Gasteiger partial charge < -0.3 is 5.11 Å². The molecule has 1 N–H and O–H groups in total. The summed E-state index contributed by atoms with van der Waals surface area (Å²) >= 11 is 0. The maximum Gasteiger partial charge on any atom is 0.177 e. The Labute approximate surface area is 133 Å². The van der Waals surface area contributed by atoms with Gasteiger partial charge in [0.15, 0.2) is 6.10 Å². The van der Waals surface area contributed by atoms with Crippen LogP contribution in [0.15, 0.2) is 36.4 Å². The number of hydrogen-bond acceptors (Lipinski definition) is 1. The van der Waals surface area contributed by atoms with Gasteiger partial charge in [0.25, 0.3) is 0 Å². The van der Waals surface area contributed by atoms with E-state index < -0.39 is 6.10 Å². The van der Waals surface area contributed by atoms with Gasteiger partial charge in [-0.15, -0.1) is 0 Å². The van der Waals surface area contributed by atoms with Gasteiger partial charge in [-0.25, -0.2) is 0 Å². The van der Waals surface area contributed by atoms with Crippen LogP contribution in [0.2, 0.25) is 0 Å². The smallest absolute Gasteiger partial charge is 0.177 e. The van der Waals surface area contributed by atoms with Gasteiger partial charge in [0.1, 0.15) is 0 Å². The fraction of sp³-hybridized carbons (Fsp3) is 0.238. The Morgan fingerprint density at radius 3 is 1.32 bits per heavy atom. The molecule has 0 aromatic heterocycles. The molecule has 0 bridgehead atoms. The first-order valence-electron chi connectivity index (χ1n) is 7.32. The largest absolute Gasteiger partial charge is 0.369 e. The molecular weight excluding hydrogens is 268 g/mol. The standard InChI is InChI=1S/C21H20O/c1-15-7-5-8-16(2)20(15)13-11-19(22)12-14-21-17(3)9-6-10-18(21)4/h5-10,19,22H,1-4H3. The predicted molar refractivity (Wildman–Crippen MR) is 91.6 cm³/mol. The van der Waals surface area contributed by atoms with E-state index in [0.29, 0.717) is 0 Å². The molecule has 0 saturated carbocycles. The third kappa shape index (κ3) is 3.79. The minimum Gasteiger partial charge on any atom is -0.369 e. The van der Waals surface area contributed by atoms with Gasteiger partial charge in [-0.2, -0.15) is 0 Å². The maximum atomic E-state index is 9.99. The van der Waals surface area contributed by atoms with Gasteiger partial charge >= 0.3 is 0 Å². The highest BCUT2D eigenvalue weighted by Crippen LogP contribution is 2.12. The SMILES string of the molecule is Cc1cccc(C)c1C#CC(O)C#Cc1c(C)cccc1C. The quantitative estimate of drug-likeness (QED) is 0.733. The molecular formula is C21H20O. The first-order chi connectivity index (χ1) is 10.5. The van der Waals surface area contributed by atoms with Crippen LogP contribution in [0.1, 0.15) is 33.4 Å². The highest BCUT2D eigenvalue weighted by atomic mass is 16.3. The first kappa shape index (κ1) is 15.9. The molecule has 0 aliphatic rings. The van der Waals surface area contributed by atoms with E-state index in [1.807, 2.05) is 64.1 Å². The lowest BCUT2D eigenvalue weighted by atomic mass is 10.0. The summed E-state index contributed by atoms with van der Waals surface area (Å²) in [6.45, 7) is 8.08. The molecule has 110 valence electrons. The Kier molecular flexibility index (Phi) is 5.05. The number of rotatable bonds is 0. The van der Waals surface area contributed by atoms with Gasteiger partial charge in [0.2, 0.25) is 0 Å². The minimum atomic E-state index is -0.946. The van der Waals surface area contributed by atoms with Gasteiger partial charge in [-0.1, -0.05) is 60.1 Å². The molecule has 0 amide bonds. The molecule has 22 heavy (non-hydrogen) atoms. The summed E-state index contributed by atoms with van der Waals surface area (Å²) in [4.78, 5) is 0. The average Bonchev–Trinajstić information content (AvgIpc) is 2.46. The molecule has 0 saturated heterocycles. The fourth-order valence-electron chi connectivity index (χ4n) is 2.34. The van der Waals surface area contributed by atoms with Crippen molar-refractivity contribution in [1.82, 2.24) is 0 Å². The zero-order valence-corrected chi connectivity index (χ0v) is 13.5. The molecule has 0 spiro atoms. The van der Waals surface area contributed by atoms with Crippen molar-refractivity contribution in [3.05, 3.63) is 69.8 Å². The zero-order chi connectivity index (χ0) is 16.1. The second-order valence-electron chi connectivity index (χ2n) is 5.47. The van der Waals surface area contributed by atoms with Gasteiger partial charge in [-0.3, -0.25) is 0 Å². The number of aliphatic hydroxyl groups excluding tert-OH is 1. The molecule has 0 aliphatic carbocycles. The van der Waals surface area contributed by atoms with E-state index in [2.05, 4.69) is 23.7 Å². The Morgan fingerprint density at radius 2 is 1.00 bits per heavy atom. The van der Waals surface area contributed by atoms with E-state index in [0.717, 1.165) is 33.4 Å². The maximum absolute atomic E-state index is 9.99. The number of hydrogen-bond donors (Lipinski definition) is 1. The highest BCUT2D eigenvalue weighted by Gasteiger charge is 2.00. The fourth-order valence-corrected chi connectivity index (χ4v) is 2.34. The van der Waals surface area contributed by atoms with Crippen LogP contribution in [-0.2, 0) is 0 Å². The summed E-state index contributed by atoms with van der Waals surface area (Å²) < 4.78 is 0. The summed E-state index contributed by atoms with van der Waals surface area (Å²) in [5.74, 6) is 11.7. The predicted octanol–water partition coefficient (Wildman–Crippen LogP) is 3.68. The second-order valence-corrected chi connectivity index (χ2v) is 5.47. The van der Waals surface area contributed by atoms with E-state index >= 15 is 0 Å². The number of benzene rings is 2. The normalized spacial score (nSPS) is 9.73. The van der Waals surface area contributed by atoms with Crippen LogP contribution in [0.5, 0.6) is 0 Å². The summed E-state index contributed by atoms with van der Waals surface area (Å²) in [5, 5.41) is 9.99. The molecule has 0 heterocycles. The Balaban J connectivity index is 2.24. The van der Waals surface area contributed by atoms with Crippen molar-refractivity contribution < 1.29 is 5.11 Å². The van der Waals surface area contributed by atoms with E-state index in [1.54, 1.807) is 0 Å². The van der Waals surface area contributed by atoms with Gasteiger partial charge in [0, 0.05) is 11.1 Å². The molecule has 1 heteroatoms. The number of aliphatic hydroxyl groups is 1. The van der Waals surface area contributed by atoms with Crippen molar-refractivity contribution in [2.75, 3.05) is 0 Å². The second kappa shape index (κ2) is 6.99. The molecule has 0 radical (unpaired) electrons. The molecule has 1 nitrogen and oxygen atoms in total. The van der Waals surface area contributed by atoms with E-state index in [4.69, 9.17) is 0 Å². The molecule has 2 rings (SSSR count). The lowest BCUT2D eigenvalue weighted by molar-refractivity contribution is 0.289. The lowest BCUT2D eigenvalue weighted by Gasteiger charge is -2.02. The van der Waals surface area contributed by atoms with Crippen molar-refractivity contribution in [2.24, 2.45) is 0 Å². The monoisotopic (exact) mass is 288 g/mol. The van der Waals surface area contributed by atoms with Crippen molar-refractivity contribution in [2.45, 2.75) is 33.8 Å². The van der Waals surface area contributed by atoms with Crippen molar-refractivity contribution >= 4 is 0 Å². The van der Waals surface area contributed by atoms with E-state index in [1.165, 1.54) is 0 Å². The summed E-state index contributed by atoms with van der Waals surface area (Å²) in [7, 11) is 0. The Morgan fingerprint density at radius 1 is 0.682 bits per heavy atom. The third-order valence-corrected chi connectivity index (χ3v) is 3.63. The Hall–Kier alpha value is -2.48. The molecule has 0 unspecified atom stereocenters. The summed E-state index contributed by atoms with van der Waals surface area (Å²) in [6.07, 6.45) is -0.946. The highest BCUT2D eigenvalue weighted by molar-refractivity contribution is 5.49. The first-order valence-corrected chi connectivity index (χ1v) is 7.32. The molecule has 2 aromatic rings. The molecule has 0 atom stereocenters. The van der Waals surface area contributed by atoms with Crippen LogP contribution < -0.4 is 0 Å². The van der Waals surface area contributed by atoms with Crippen LogP contribution in [0.4, 0.5) is 0 Å². The van der Waals surface area contributed by atoms with Crippen LogP contribution >= 0.6 is 0 Å². The average molecular weight is 288 g/mol.